The number of pyridine rings is 1. The molecule has 2 fully saturated rings. The van der Waals surface area contributed by atoms with Crippen molar-refractivity contribution in [2.24, 2.45) is 0 Å². The van der Waals surface area contributed by atoms with E-state index in [2.05, 4.69) is 35.1 Å². The summed E-state index contributed by atoms with van der Waals surface area (Å²) in [4.78, 5) is 6.96. The zero-order valence-corrected chi connectivity index (χ0v) is 11.8. The highest BCUT2D eigenvalue weighted by Gasteiger charge is 2.25. The monoisotopic (exact) mass is 261 g/mol. The van der Waals surface area contributed by atoms with Crippen molar-refractivity contribution in [2.45, 2.75) is 51.5 Å². The van der Waals surface area contributed by atoms with Crippen molar-refractivity contribution in [1.29, 1.82) is 0 Å². The molecule has 104 valence electrons. The fourth-order valence-corrected chi connectivity index (χ4v) is 2.75. The van der Waals surface area contributed by atoms with E-state index in [1.165, 1.54) is 18.4 Å². The van der Waals surface area contributed by atoms with Gasteiger partial charge in [0.2, 0.25) is 0 Å². The molecule has 1 aliphatic heterocycles. The smallest absolute Gasteiger partial charge is 0.133 e. The van der Waals surface area contributed by atoms with E-state index in [0.717, 1.165) is 31.5 Å². The predicted octanol–water partition coefficient (Wildman–Crippen LogP) is 1.95. The minimum Gasteiger partial charge on any atom is -0.372 e. The Bertz CT molecular complexity index is 423. The van der Waals surface area contributed by atoms with Gasteiger partial charge in [0, 0.05) is 37.4 Å². The fourth-order valence-electron chi connectivity index (χ4n) is 2.75. The van der Waals surface area contributed by atoms with Gasteiger partial charge in [0.1, 0.15) is 5.82 Å². The first kappa shape index (κ1) is 12.9. The van der Waals surface area contributed by atoms with Crippen LogP contribution in [0.2, 0.25) is 0 Å². The van der Waals surface area contributed by atoms with Gasteiger partial charge in [-0.15, -0.1) is 0 Å². The van der Waals surface area contributed by atoms with Crippen molar-refractivity contribution < 1.29 is 4.74 Å². The van der Waals surface area contributed by atoms with E-state index in [1.54, 1.807) is 0 Å². The van der Waals surface area contributed by atoms with Gasteiger partial charge in [-0.1, -0.05) is 6.07 Å². The van der Waals surface area contributed by atoms with Crippen molar-refractivity contribution in [2.75, 3.05) is 18.0 Å². The minimum absolute atomic E-state index is 0.273. The molecule has 1 saturated heterocycles. The summed E-state index contributed by atoms with van der Waals surface area (Å²) >= 11 is 0. The molecule has 0 amide bonds. The molecule has 0 aromatic carbocycles. The van der Waals surface area contributed by atoms with Crippen LogP contribution in [-0.2, 0) is 11.3 Å². The zero-order chi connectivity index (χ0) is 13.2. The Balaban J connectivity index is 1.74. The molecular formula is C15H23N3O. The topological polar surface area (TPSA) is 37.4 Å². The van der Waals surface area contributed by atoms with Crippen LogP contribution >= 0.6 is 0 Å². The Morgan fingerprint density at radius 1 is 1.32 bits per heavy atom. The van der Waals surface area contributed by atoms with Gasteiger partial charge >= 0.3 is 0 Å². The Morgan fingerprint density at radius 2 is 2.05 bits per heavy atom. The second-order valence-electron chi connectivity index (χ2n) is 5.80. The highest BCUT2D eigenvalue weighted by atomic mass is 16.5. The number of aromatic nitrogens is 1. The van der Waals surface area contributed by atoms with Crippen LogP contribution in [0.1, 0.15) is 32.3 Å². The summed E-state index contributed by atoms with van der Waals surface area (Å²) in [6.07, 6.45) is 5.08. The summed E-state index contributed by atoms with van der Waals surface area (Å²) in [5, 5.41) is 3.58. The van der Waals surface area contributed by atoms with Crippen LogP contribution in [0.4, 0.5) is 5.82 Å². The van der Waals surface area contributed by atoms with E-state index in [1.807, 2.05) is 12.3 Å². The van der Waals surface area contributed by atoms with Crippen LogP contribution in [0.25, 0.3) is 0 Å². The molecule has 0 radical (unpaired) electrons. The fraction of sp³-hybridized carbons (Fsp3) is 0.667. The predicted molar refractivity (Wildman–Crippen MR) is 76.3 cm³/mol. The molecule has 19 heavy (non-hydrogen) atoms. The van der Waals surface area contributed by atoms with Crippen LogP contribution in [0.5, 0.6) is 0 Å². The molecule has 3 rings (SSSR count). The molecule has 2 atom stereocenters. The van der Waals surface area contributed by atoms with Gasteiger partial charge in [-0.3, -0.25) is 0 Å². The maximum atomic E-state index is 5.80. The van der Waals surface area contributed by atoms with E-state index in [-0.39, 0.29) is 12.2 Å². The SMILES string of the molecule is CC1CN(c2ncccc2CNC2CC2)CC(C)O1. The number of nitrogens with one attached hydrogen (secondary N) is 1. The summed E-state index contributed by atoms with van der Waals surface area (Å²) in [6.45, 7) is 7.05. The van der Waals surface area contributed by atoms with Crippen LogP contribution in [0.3, 0.4) is 0 Å². The average molecular weight is 261 g/mol. The maximum Gasteiger partial charge on any atom is 0.133 e. The van der Waals surface area contributed by atoms with Crippen molar-refractivity contribution in [3.05, 3.63) is 23.9 Å². The first-order valence-electron chi connectivity index (χ1n) is 7.30. The molecule has 1 aromatic rings. The summed E-state index contributed by atoms with van der Waals surface area (Å²) in [7, 11) is 0. The largest absolute Gasteiger partial charge is 0.372 e. The van der Waals surface area contributed by atoms with Gasteiger partial charge < -0.3 is 15.0 Å². The van der Waals surface area contributed by atoms with E-state index in [4.69, 9.17) is 4.74 Å². The lowest BCUT2D eigenvalue weighted by Crippen LogP contribution is -2.46. The Labute approximate surface area is 115 Å². The number of hydrogen-bond acceptors (Lipinski definition) is 4. The van der Waals surface area contributed by atoms with Crippen LogP contribution in [0, 0.1) is 0 Å². The molecule has 1 aliphatic carbocycles. The van der Waals surface area contributed by atoms with Crippen molar-refractivity contribution >= 4 is 5.82 Å². The number of ether oxygens (including phenoxy) is 1. The summed E-state index contributed by atoms with van der Waals surface area (Å²) < 4.78 is 5.80. The lowest BCUT2D eigenvalue weighted by Gasteiger charge is -2.37. The standard InChI is InChI=1S/C15H23N3O/c1-11-9-18(10-12(2)19-11)15-13(4-3-7-16-15)8-17-14-5-6-14/h3-4,7,11-12,14,17H,5-6,8-10H2,1-2H3. The molecule has 1 N–H and O–H groups in total. The molecule has 4 heteroatoms. The van der Waals surface area contributed by atoms with Gasteiger partial charge in [-0.25, -0.2) is 4.98 Å². The maximum absolute atomic E-state index is 5.80. The Kier molecular flexibility index (Phi) is 3.71. The molecule has 1 saturated carbocycles. The number of anilines is 1. The molecule has 2 aliphatic rings. The molecule has 2 heterocycles. The third-order valence-electron chi connectivity index (χ3n) is 3.75. The van der Waals surface area contributed by atoms with Crippen molar-refractivity contribution in [3.8, 4) is 0 Å². The van der Waals surface area contributed by atoms with E-state index < -0.39 is 0 Å². The molecule has 0 spiro atoms. The number of morpholine rings is 1. The van der Waals surface area contributed by atoms with Crippen LogP contribution in [-0.4, -0.2) is 36.3 Å². The van der Waals surface area contributed by atoms with Crippen LogP contribution in [0.15, 0.2) is 18.3 Å². The summed E-state index contributed by atoms with van der Waals surface area (Å²) in [5.74, 6) is 1.12. The van der Waals surface area contributed by atoms with Gasteiger partial charge in [0.25, 0.3) is 0 Å². The Hall–Kier alpha value is -1.13. The van der Waals surface area contributed by atoms with Gasteiger partial charge in [-0.05, 0) is 32.8 Å². The first-order chi connectivity index (χ1) is 9.22. The van der Waals surface area contributed by atoms with Gasteiger partial charge in [0.15, 0.2) is 0 Å². The molecular weight excluding hydrogens is 238 g/mol. The van der Waals surface area contributed by atoms with Crippen molar-refractivity contribution in [3.63, 3.8) is 0 Å². The highest BCUT2D eigenvalue weighted by molar-refractivity contribution is 5.47. The van der Waals surface area contributed by atoms with E-state index in [0.29, 0.717) is 0 Å². The summed E-state index contributed by atoms with van der Waals surface area (Å²) in [5.41, 5.74) is 1.30. The highest BCUT2D eigenvalue weighted by Crippen LogP contribution is 2.24. The third-order valence-corrected chi connectivity index (χ3v) is 3.75. The number of hydrogen-bond donors (Lipinski definition) is 1. The normalized spacial score (nSPS) is 27.6. The van der Waals surface area contributed by atoms with E-state index >= 15 is 0 Å². The number of nitrogens with zero attached hydrogens (tertiary/aromatic N) is 2. The van der Waals surface area contributed by atoms with Gasteiger partial charge in [-0.2, -0.15) is 0 Å². The van der Waals surface area contributed by atoms with E-state index in [9.17, 15) is 0 Å². The lowest BCUT2D eigenvalue weighted by atomic mass is 10.2. The number of rotatable bonds is 4. The lowest BCUT2D eigenvalue weighted by molar-refractivity contribution is -0.00551. The quantitative estimate of drug-likeness (QED) is 0.899. The van der Waals surface area contributed by atoms with Gasteiger partial charge in [0.05, 0.1) is 12.2 Å². The molecule has 1 aromatic heterocycles. The second-order valence-corrected chi connectivity index (χ2v) is 5.80. The minimum atomic E-state index is 0.273. The second kappa shape index (κ2) is 5.47. The third kappa shape index (κ3) is 3.25. The first-order valence-corrected chi connectivity index (χ1v) is 7.30. The average Bonchev–Trinajstić information content (AvgIpc) is 3.19. The van der Waals surface area contributed by atoms with Crippen molar-refractivity contribution in [1.82, 2.24) is 10.3 Å². The Morgan fingerprint density at radius 3 is 2.74 bits per heavy atom. The summed E-state index contributed by atoms with van der Waals surface area (Å²) in [6, 6.07) is 4.94. The zero-order valence-electron chi connectivity index (χ0n) is 11.8. The van der Waals surface area contributed by atoms with Crippen LogP contribution < -0.4 is 10.2 Å². The molecule has 0 bridgehead atoms. The molecule has 2 unspecified atom stereocenters. The molecule has 4 nitrogen and oxygen atoms in total.